The molecule has 30 heavy (non-hydrogen) atoms. The van der Waals surface area contributed by atoms with Gasteiger partial charge in [0, 0.05) is 13.1 Å². The number of hydrogen-bond donors (Lipinski definition) is 5. The van der Waals surface area contributed by atoms with Crippen molar-refractivity contribution in [2.24, 2.45) is 0 Å². The van der Waals surface area contributed by atoms with Crippen molar-refractivity contribution in [1.29, 1.82) is 0 Å². The molecule has 0 aliphatic heterocycles. The van der Waals surface area contributed by atoms with Crippen LogP contribution in [0.25, 0.3) is 0 Å². The van der Waals surface area contributed by atoms with Gasteiger partial charge >= 0.3 is 29.3 Å². The Morgan fingerprint density at radius 2 is 1.03 bits per heavy atom. The van der Waals surface area contributed by atoms with Crippen molar-refractivity contribution < 1.29 is 34.4 Å². The minimum absolute atomic E-state index is 0.0428. The molecule has 1 aromatic heterocycles. The van der Waals surface area contributed by atoms with E-state index in [0.29, 0.717) is 13.7 Å². The van der Waals surface area contributed by atoms with E-state index in [-0.39, 0.29) is 59.2 Å². The van der Waals surface area contributed by atoms with E-state index < -0.39 is 35.9 Å². The zero-order valence-electron chi connectivity index (χ0n) is 16.1. The second-order valence-electron chi connectivity index (χ2n) is 5.60. The molecule has 0 fully saturated rings. The minimum Gasteiger partial charge on any atom is -0.448 e. The minimum atomic E-state index is -1.02. The van der Waals surface area contributed by atoms with Gasteiger partial charge in [0.2, 0.25) is 0 Å². The summed E-state index contributed by atoms with van der Waals surface area (Å²) in [7, 11) is 0. The van der Waals surface area contributed by atoms with Gasteiger partial charge in [0.1, 0.15) is 13.2 Å². The van der Waals surface area contributed by atoms with Crippen LogP contribution in [0.5, 0.6) is 0 Å². The number of amides is 2. The van der Waals surface area contributed by atoms with Crippen LogP contribution in [-0.4, -0.2) is 87.3 Å². The van der Waals surface area contributed by atoms with Gasteiger partial charge in [-0.05, 0) is 0 Å². The molecule has 2 amide bonds. The average molecular weight is 435 g/mol. The molecule has 0 aliphatic rings. The van der Waals surface area contributed by atoms with E-state index in [9.17, 15) is 24.0 Å². The predicted molar refractivity (Wildman–Crippen MR) is 99.2 cm³/mol. The van der Waals surface area contributed by atoms with Crippen molar-refractivity contribution in [1.82, 2.24) is 24.3 Å². The number of rotatable bonds is 12. The molecular weight excluding hydrogens is 410 g/mol. The Morgan fingerprint density at radius 3 is 1.37 bits per heavy atom. The van der Waals surface area contributed by atoms with E-state index in [1.165, 1.54) is 0 Å². The van der Waals surface area contributed by atoms with Gasteiger partial charge in [-0.1, -0.05) is 0 Å². The van der Waals surface area contributed by atoms with Crippen LogP contribution < -0.4 is 27.7 Å². The third-order valence-electron chi connectivity index (χ3n) is 3.57. The molecule has 0 atom stereocenters. The summed E-state index contributed by atoms with van der Waals surface area (Å²) in [5.74, 6) is 0. The Bertz CT molecular complexity index is 810. The first-order valence-corrected chi connectivity index (χ1v) is 8.95. The summed E-state index contributed by atoms with van der Waals surface area (Å²) in [6.45, 7) is -3.15. The number of hydrogen-bond acceptors (Lipinski definition) is 10. The topological polar surface area (TPSA) is 203 Å². The maximum atomic E-state index is 12.5. The summed E-state index contributed by atoms with van der Waals surface area (Å²) in [5, 5.41) is 30.8. The van der Waals surface area contributed by atoms with Crippen molar-refractivity contribution in [3.63, 3.8) is 0 Å². The smallest absolute Gasteiger partial charge is 0.407 e. The van der Waals surface area contributed by atoms with E-state index in [2.05, 4.69) is 10.6 Å². The summed E-state index contributed by atoms with van der Waals surface area (Å²) in [4.78, 5) is 60.0. The lowest BCUT2D eigenvalue weighted by atomic mass is 10.5. The molecule has 0 spiro atoms. The Kier molecular flexibility index (Phi) is 10.9. The number of aliphatic hydroxyl groups excluding tert-OH is 3. The Balaban J connectivity index is 2.98. The van der Waals surface area contributed by atoms with E-state index in [4.69, 9.17) is 24.8 Å². The van der Waals surface area contributed by atoms with Gasteiger partial charge in [-0.25, -0.2) is 37.7 Å². The summed E-state index contributed by atoms with van der Waals surface area (Å²) in [6.07, 6.45) is -1.74. The zero-order chi connectivity index (χ0) is 22.5. The second-order valence-corrected chi connectivity index (χ2v) is 5.60. The molecule has 15 heteroatoms. The molecule has 0 bridgehead atoms. The van der Waals surface area contributed by atoms with Gasteiger partial charge in [0.05, 0.1) is 39.5 Å². The van der Waals surface area contributed by atoms with Crippen LogP contribution >= 0.6 is 0 Å². The number of carbonyl (C=O) groups is 2. The van der Waals surface area contributed by atoms with E-state index >= 15 is 0 Å². The van der Waals surface area contributed by atoms with Crippen LogP contribution in [0, 0.1) is 0 Å². The molecule has 1 aromatic rings. The highest BCUT2D eigenvalue weighted by Crippen LogP contribution is 1.84. The molecular formula is C15H25N5O10. The molecule has 0 saturated heterocycles. The Labute approximate surface area is 169 Å². The fourth-order valence-electron chi connectivity index (χ4n) is 2.23. The third-order valence-corrected chi connectivity index (χ3v) is 3.57. The first kappa shape index (κ1) is 24.9. The maximum Gasteiger partial charge on any atom is 0.407 e. The fourth-order valence-corrected chi connectivity index (χ4v) is 2.23. The van der Waals surface area contributed by atoms with Gasteiger partial charge in [0.25, 0.3) is 0 Å². The van der Waals surface area contributed by atoms with Crippen LogP contribution in [0.3, 0.4) is 0 Å². The molecule has 0 saturated carbocycles. The SMILES string of the molecule is O=C(NCCO)OCCn1c(=O)n(CCO)c(=O)n(CCOC(=O)NCCO)c1=O. The van der Waals surface area contributed by atoms with Gasteiger partial charge < -0.3 is 35.4 Å². The number of nitrogens with zero attached hydrogens (tertiary/aromatic N) is 3. The molecule has 5 N–H and O–H groups in total. The highest BCUT2D eigenvalue weighted by atomic mass is 16.6. The largest absolute Gasteiger partial charge is 0.448 e. The summed E-state index contributed by atoms with van der Waals surface area (Å²) in [6, 6.07) is 0. The van der Waals surface area contributed by atoms with Crippen LogP contribution in [0.1, 0.15) is 0 Å². The van der Waals surface area contributed by atoms with Gasteiger partial charge in [-0.15, -0.1) is 0 Å². The second kappa shape index (κ2) is 13.1. The van der Waals surface area contributed by atoms with Crippen molar-refractivity contribution in [2.45, 2.75) is 19.6 Å². The number of carbonyl (C=O) groups excluding carboxylic acids is 2. The number of aliphatic hydroxyl groups is 3. The summed E-state index contributed by atoms with van der Waals surface area (Å²) < 4.78 is 11.5. The highest BCUT2D eigenvalue weighted by Gasteiger charge is 2.16. The standard InChI is InChI=1S/C15H25N5O10/c21-6-1-16-11(24)29-9-4-19-13(26)18(3-8-23)14(27)20(15(19)28)5-10-30-12(25)17-2-7-22/h21-23H,1-10H2,(H,16,24)(H,17,25). The number of alkyl carbamates (subject to hydrolysis) is 2. The van der Waals surface area contributed by atoms with E-state index in [0.717, 1.165) is 0 Å². The summed E-state index contributed by atoms with van der Waals surface area (Å²) >= 11 is 0. The third kappa shape index (κ3) is 7.34. The lowest BCUT2D eigenvalue weighted by Gasteiger charge is -2.14. The normalized spacial score (nSPS) is 10.5. The predicted octanol–water partition coefficient (Wildman–Crippen LogP) is -4.40. The van der Waals surface area contributed by atoms with Crippen LogP contribution in [0.15, 0.2) is 14.4 Å². The molecule has 1 heterocycles. The lowest BCUT2D eigenvalue weighted by Crippen LogP contribution is -2.55. The molecule has 0 radical (unpaired) electrons. The average Bonchev–Trinajstić information content (AvgIpc) is 2.72. The number of ether oxygens (including phenoxy) is 2. The van der Waals surface area contributed by atoms with Crippen LogP contribution in [0.2, 0.25) is 0 Å². The van der Waals surface area contributed by atoms with E-state index in [1.54, 1.807) is 0 Å². The first-order valence-electron chi connectivity index (χ1n) is 8.95. The quantitative estimate of drug-likeness (QED) is 0.213. The molecule has 0 unspecified atom stereocenters. The number of aromatic nitrogens is 3. The molecule has 15 nitrogen and oxygen atoms in total. The Hall–Kier alpha value is -3.17. The lowest BCUT2D eigenvalue weighted by molar-refractivity contribution is 0.135. The zero-order valence-corrected chi connectivity index (χ0v) is 16.1. The van der Waals surface area contributed by atoms with Gasteiger partial charge in [-0.3, -0.25) is 0 Å². The van der Waals surface area contributed by atoms with Crippen LogP contribution in [-0.2, 0) is 29.1 Å². The molecule has 0 aromatic carbocycles. The maximum absolute atomic E-state index is 12.5. The van der Waals surface area contributed by atoms with Crippen molar-refractivity contribution in [2.75, 3.05) is 46.1 Å². The van der Waals surface area contributed by atoms with Gasteiger partial charge in [-0.2, -0.15) is 0 Å². The monoisotopic (exact) mass is 435 g/mol. The fraction of sp³-hybridized carbons (Fsp3) is 0.667. The first-order chi connectivity index (χ1) is 14.4. The highest BCUT2D eigenvalue weighted by molar-refractivity contribution is 5.67. The summed E-state index contributed by atoms with van der Waals surface area (Å²) in [5.41, 5.74) is -3.02. The Morgan fingerprint density at radius 1 is 0.667 bits per heavy atom. The molecule has 170 valence electrons. The van der Waals surface area contributed by atoms with Crippen LogP contribution in [0.4, 0.5) is 9.59 Å². The van der Waals surface area contributed by atoms with Crippen molar-refractivity contribution >= 4 is 12.2 Å². The number of nitrogens with one attached hydrogen (secondary N) is 2. The van der Waals surface area contributed by atoms with E-state index in [1.807, 2.05) is 0 Å². The van der Waals surface area contributed by atoms with Crippen molar-refractivity contribution in [3.8, 4) is 0 Å². The van der Waals surface area contributed by atoms with Gasteiger partial charge in [0.15, 0.2) is 0 Å². The van der Waals surface area contributed by atoms with Crippen molar-refractivity contribution in [3.05, 3.63) is 31.5 Å². The molecule has 0 aliphatic carbocycles. The molecule has 1 rings (SSSR count).